The Hall–Kier alpha value is -0.660. The summed E-state index contributed by atoms with van der Waals surface area (Å²) in [6.45, 7) is 18.0. The minimum absolute atomic E-state index is 0.102. The zero-order chi connectivity index (χ0) is 34.4. The van der Waals surface area contributed by atoms with Gasteiger partial charge in [-0.3, -0.25) is 0 Å². The van der Waals surface area contributed by atoms with Gasteiger partial charge >= 0.3 is 0 Å². The fourth-order valence-corrected chi connectivity index (χ4v) is 12.1. The summed E-state index contributed by atoms with van der Waals surface area (Å²) in [7, 11) is 0. The number of ether oxygens (including phenoxy) is 2. The second-order valence-electron chi connectivity index (χ2n) is 17.5. The van der Waals surface area contributed by atoms with Crippen LogP contribution in [0.25, 0.3) is 0 Å². The van der Waals surface area contributed by atoms with E-state index in [1.54, 1.807) is 6.92 Å². The summed E-state index contributed by atoms with van der Waals surface area (Å²) in [5.74, 6) is -0.449. The maximum atomic E-state index is 12.2. The lowest BCUT2D eigenvalue weighted by molar-refractivity contribution is -0.337. The van der Waals surface area contributed by atoms with Crippen molar-refractivity contribution < 1.29 is 50.3 Å². The van der Waals surface area contributed by atoms with Crippen LogP contribution in [0.5, 0.6) is 0 Å². The molecule has 0 aromatic carbocycles. The van der Waals surface area contributed by atoms with E-state index in [1.165, 1.54) is 0 Å². The highest BCUT2D eigenvalue weighted by Crippen LogP contribution is 2.76. The molecule has 0 bridgehead atoms. The minimum Gasteiger partial charge on any atom is -0.394 e. The molecule has 8 N–H and O–H groups in total. The summed E-state index contributed by atoms with van der Waals surface area (Å²) in [4.78, 5) is 0. The molecular formula is C36H62O10. The van der Waals surface area contributed by atoms with Crippen LogP contribution < -0.4 is 0 Å². The van der Waals surface area contributed by atoms with Crippen LogP contribution in [0.1, 0.15) is 99.8 Å². The van der Waals surface area contributed by atoms with Gasteiger partial charge < -0.3 is 50.3 Å². The molecule has 1 saturated heterocycles. The van der Waals surface area contributed by atoms with Crippen LogP contribution in [0.15, 0.2) is 12.2 Å². The van der Waals surface area contributed by atoms with E-state index >= 15 is 0 Å². The molecular weight excluding hydrogens is 592 g/mol. The van der Waals surface area contributed by atoms with Gasteiger partial charge in [-0.2, -0.15) is 0 Å². The zero-order valence-corrected chi connectivity index (χ0v) is 29.0. The molecule has 0 spiro atoms. The van der Waals surface area contributed by atoms with Crippen LogP contribution >= 0.6 is 0 Å². The van der Waals surface area contributed by atoms with Crippen molar-refractivity contribution in [2.24, 2.45) is 45.3 Å². The lowest BCUT2D eigenvalue weighted by atomic mass is 9.34. The van der Waals surface area contributed by atoms with Crippen LogP contribution in [0.4, 0.5) is 0 Å². The Morgan fingerprint density at radius 1 is 0.935 bits per heavy atom. The first-order valence-electron chi connectivity index (χ1n) is 17.6. The third kappa shape index (κ3) is 5.37. The van der Waals surface area contributed by atoms with Crippen LogP contribution in [0, 0.1) is 45.3 Å². The minimum atomic E-state index is -1.59. The molecule has 46 heavy (non-hydrogen) atoms. The van der Waals surface area contributed by atoms with Crippen molar-refractivity contribution in [3.63, 3.8) is 0 Å². The van der Waals surface area contributed by atoms with Gasteiger partial charge in [-0.15, -0.1) is 0 Å². The Morgan fingerprint density at radius 3 is 2.20 bits per heavy atom. The van der Waals surface area contributed by atoms with Crippen molar-refractivity contribution in [2.45, 2.75) is 161 Å². The summed E-state index contributed by atoms with van der Waals surface area (Å²) in [6, 6.07) is 0. The summed E-state index contributed by atoms with van der Waals surface area (Å²) in [5, 5.41) is 87.7. The highest BCUT2D eigenvalue weighted by Gasteiger charge is 2.73. The van der Waals surface area contributed by atoms with E-state index in [9.17, 15) is 40.9 Å². The number of aliphatic hydroxyl groups excluding tert-OH is 8. The predicted molar refractivity (Wildman–Crippen MR) is 171 cm³/mol. The molecule has 0 aromatic heterocycles. The molecule has 0 radical (unpaired) electrons. The van der Waals surface area contributed by atoms with E-state index in [4.69, 9.17) is 9.47 Å². The largest absolute Gasteiger partial charge is 0.394 e. The standard InChI is InChI=1S/C36H62O10/c1-18(2)20(38)10-14-36(8,46-31-29(44)28(43)27(42)23(17-37)45-31)19-9-13-34(6)26(19)21(39)15-24-33(5)12-11-25(41)32(3,4)30(33)22(40)16-35(24,34)7/h19-31,37-44H,1,9-17H2,2-8H3. The first-order valence-corrected chi connectivity index (χ1v) is 17.6. The summed E-state index contributed by atoms with van der Waals surface area (Å²) in [5.41, 5.74) is -1.88. The first kappa shape index (κ1) is 36.6. The molecule has 10 nitrogen and oxygen atoms in total. The van der Waals surface area contributed by atoms with E-state index in [-0.39, 0.29) is 39.9 Å². The summed E-state index contributed by atoms with van der Waals surface area (Å²) >= 11 is 0. The molecule has 0 amide bonds. The predicted octanol–water partition coefficient (Wildman–Crippen LogP) is 2.27. The van der Waals surface area contributed by atoms with Gasteiger partial charge in [-0.05, 0) is 111 Å². The Balaban J connectivity index is 1.51. The number of fused-ring (bicyclic) bond motifs is 5. The normalized spacial score (nSPS) is 52.2. The Morgan fingerprint density at radius 2 is 1.59 bits per heavy atom. The van der Waals surface area contributed by atoms with Gasteiger partial charge in [0.05, 0.1) is 36.6 Å². The second-order valence-corrected chi connectivity index (χ2v) is 17.5. The van der Waals surface area contributed by atoms with Gasteiger partial charge in [0.1, 0.15) is 24.4 Å². The van der Waals surface area contributed by atoms with Crippen molar-refractivity contribution in [1.29, 1.82) is 0 Å². The number of hydrogen-bond donors (Lipinski definition) is 8. The lowest BCUT2D eigenvalue weighted by Gasteiger charge is -2.71. The van der Waals surface area contributed by atoms with E-state index in [2.05, 4.69) is 41.2 Å². The van der Waals surface area contributed by atoms with Gasteiger partial charge in [-0.25, -0.2) is 0 Å². The van der Waals surface area contributed by atoms with Crippen LogP contribution in [-0.4, -0.2) is 108 Å². The van der Waals surface area contributed by atoms with Gasteiger partial charge in [0.15, 0.2) is 6.29 Å². The smallest absolute Gasteiger partial charge is 0.187 e. The SMILES string of the molecule is C=C(C)C(O)CCC(C)(OC1OC(CO)C(O)C(O)C1O)C1CCC2(C)C1C(O)CC1C3(C)CCC(O)C(C)(C)C3C(O)CC12C. The monoisotopic (exact) mass is 654 g/mol. The van der Waals surface area contributed by atoms with Crippen molar-refractivity contribution >= 4 is 0 Å². The Labute approximate surface area is 274 Å². The molecule has 1 heterocycles. The summed E-state index contributed by atoms with van der Waals surface area (Å²) < 4.78 is 12.5. The van der Waals surface area contributed by atoms with Crippen molar-refractivity contribution in [3.05, 3.63) is 12.2 Å². The first-order chi connectivity index (χ1) is 21.2. The maximum Gasteiger partial charge on any atom is 0.187 e. The molecule has 5 rings (SSSR count). The van der Waals surface area contributed by atoms with Crippen LogP contribution in [0.2, 0.25) is 0 Å². The second kappa shape index (κ2) is 12.3. The van der Waals surface area contributed by atoms with E-state index < -0.39 is 72.7 Å². The van der Waals surface area contributed by atoms with Crippen LogP contribution in [0.3, 0.4) is 0 Å². The van der Waals surface area contributed by atoms with Crippen LogP contribution in [-0.2, 0) is 9.47 Å². The Kier molecular flexibility index (Phi) is 9.78. The molecule has 4 aliphatic carbocycles. The lowest BCUT2D eigenvalue weighted by Crippen LogP contribution is -2.70. The van der Waals surface area contributed by atoms with E-state index in [0.29, 0.717) is 44.1 Å². The quantitative estimate of drug-likeness (QED) is 0.181. The molecule has 5 fully saturated rings. The molecule has 10 heteroatoms. The van der Waals surface area contributed by atoms with Crippen molar-refractivity contribution in [3.8, 4) is 0 Å². The van der Waals surface area contributed by atoms with Gasteiger partial charge in [0.2, 0.25) is 0 Å². The van der Waals surface area contributed by atoms with Crippen molar-refractivity contribution in [1.82, 2.24) is 0 Å². The fourth-order valence-electron chi connectivity index (χ4n) is 12.1. The highest BCUT2D eigenvalue weighted by atomic mass is 16.7. The molecule has 266 valence electrons. The average Bonchev–Trinajstić information content (AvgIpc) is 3.36. The van der Waals surface area contributed by atoms with Crippen molar-refractivity contribution in [2.75, 3.05) is 6.61 Å². The summed E-state index contributed by atoms with van der Waals surface area (Å²) in [6.07, 6.45) is -5.04. The van der Waals surface area contributed by atoms with Gasteiger partial charge in [0, 0.05) is 0 Å². The number of aliphatic hydroxyl groups is 8. The van der Waals surface area contributed by atoms with E-state index in [1.807, 2.05) is 6.92 Å². The van der Waals surface area contributed by atoms with Gasteiger partial charge in [-0.1, -0.05) is 46.8 Å². The molecule has 0 aromatic rings. The Bertz CT molecular complexity index is 1130. The topological polar surface area (TPSA) is 180 Å². The maximum absolute atomic E-state index is 12.2. The van der Waals surface area contributed by atoms with Gasteiger partial charge in [0.25, 0.3) is 0 Å². The third-order valence-corrected chi connectivity index (χ3v) is 14.8. The molecule has 1 aliphatic heterocycles. The molecule has 17 atom stereocenters. The average molecular weight is 655 g/mol. The highest BCUT2D eigenvalue weighted by molar-refractivity contribution is 5.21. The molecule has 5 aliphatic rings. The number of hydrogen-bond acceptors (Lipinski definition) is 10. The molecule has 4 saturated carbocycles. The third-order valence-electron chi connectivity index (χ3n) is 14.8. The number of rotatable bonds is 8. The van der Waals surface area contributed by atoms with E-state index in [0.717, 1.165) is 12.8 Å². The fraction of sp³-hybridized carbons (Fsp3) is 0.944. The molecule has 17 unspecified atom stereocenters. The zero-order valence-electron chi connectivity index (χ0n) is 29.0.